The first kappa shape index (κ1) is 28.8. The van der Waals surface area contributed by atoms with E-state index >= 15 is 0 Å². The summed E-state index contributed by atoms with van der Waals surface area (Å²) in [5.41, 5.74) is 5.01. The van der Waals surface area contributed by atoms with Gasteiger partial charge in [-0.15, -0.1) is 0 Å². The highest BCUT2D eigenvalue weighted by molar-refractivity contribution is 9.10. The van der Waals surface area contributed by atoms with Gasteiger partial charge in [-0.2, -0.15) is 0 Å². The number of fused-ring (bicyclic) bond motifs is 2. The van der Waals surface area contributed by atoms with Crippen molar-refractivity contribution in [2.24, 2.45) is 11.8 Å². The number of rotatable bonds is 5. The molecule has 1 aromatic carbocycles. The molecular weight excluding hydrogens is 648 g/mol. The Labute approximate surface area is 251 Å². The van der Waals surface area contributed by atoms with Gasteiger partial charge in [-0.1, -0.05) is 27.5 Å². The second-order valence-electron chi connectivity index (χ2n) is 10.9. The maximum absolute atomic E-state index is 13.3. The van der Waals surface area contributed by atoms with E-state index < -0.39 is 0 Å². The average Bonchev–Trinajstić information content (AvgIpc) is 3.09. The Hall–Kier alpha value is -1.68. The van der Waals surface area contributed by atoms with Crippen molar-refractivity contribution in [3.05, 3.63) is 60.7 Å². The fourth-order valence-electron chi connectivity index (χ4n) is 6.50. The van der Waals surface area contributed by atoms with Crippen LogP contribution in [-0.2, 0) is 17.6 Å². The molecule has 39 heavy (non-hydrogen) atoms. The Kier molecular flexibility index (Phi) is 9.52. The minimum Gasteiger partial charge on any atom is -0.395 e. The number of amides is 3. The Bertz CT molecular complexity index is 1210. The van der Waals surface area contributed by atoms with Crippen molar-refractivity contribution in [3.8, 4) is 0 Å². The van der Waals surface area contributed by atoms with Gasteiger partial charge in [0.05, 0.1) is 12.3 Å². The zero-order chi connectivity index (χ0) is 27.5. The van der Waals surface area contributed by atoms with E-state index in [9.17, 15) is 9.59 Å². The molecular formula is C29H35Br2ClN4O3. The van der Waals surface area contributed by atoms with Crippen molar-refractivity contribution >= 4 is 55.4 Å². The minimum atomic E-state index is -0.131. The molecule has 0 unspecified atom stereocenters. The SMILES string of the molecule is O=C(CC1CCN(C(=O)NCCO)CC1)N1CCC([C@H]2c3ncc(Br)cc3CCc3cc(Cl)cc(Br)c32)CC1. The normalized spacial score (nSPS) is 20.3. The number of piperidine rings is 2. The lowest BCUT2D eigenvalue weighted by Gasteiger charge is -2.38. The Morgan fingerprint density at radius 3 is 2.41 bits per heavy atom. The van der Waals surface area contributed by atoms with Gasteiger partial charge in [0.15, 0.2) is 0 Å². The highest BCUT2D eigenvalue weighted by Gasteiger charge is 2.36. The van der Waals surface area contributed by atoms with E-state index in [-0.39, 0.29) is 31.0 Å². The van der Waals surface area contributed by atoms with Gasteiger partial charge in [0.1, 0.15) is 0 Å². The van der Waals surface area contributed by atoms with Crippen LogP contribution in [0.15, 0.2) is 33.3 Å². The molecule has 0 saturated carbocycles. The maximum atomic E-state index is 13.3. The summed E-state index contributed by atoms with van der Waals surface area (Å²) in [6.07, 6.45) is 7.85. The molecule has 7 nitrogen and oxygen atoms in total. The molecule has 5 rings (SSSR count). The third-order valence-electron chi connectivity index (χ3n) is 8.53. The van der Waals surface area contributed by atoms with E-state index in [0.29, 0.717) is 31.3 Å². The molecule has 10 heteroatoms. The smallest absolute Gasteiger partial charge is 0.317 e. The van der Waals surface area contributed by atoms with Crippen LogP contribution < -0.4 is 5.32 Å². The van der Waals surface area contributed by atoms with Gasteiger partial charge in [-0.05, 0) is 101 Å². The zero-order valence-electron chi connectivity index (χ0n) is 22.0. The van der Waals surface area contributed by atoms with E-state index in [0.717, 1.165) is 71.3 Å². The van der Waals surface area contributed by atoms with Gasteiger partial charge < -0.3 is 20.2 Å². The number of hydrogen-bond acceptors (Lipinski definition) is 4. The number of hydrogen-bond donors (Lipinski definition) is 2. The summed E-state index contributed by atoms with van der Waals surface area (Å²) >= 11 is 13.9. The molecule has 2 aliphatic heterocycles. The van der Waals surface area contributed by atoms with E-state index in [4.69, 9.17) is 21.7 Å². The van der Waals surface area contributed by atoms with E-state index in [2.05, 4.69) is 49.3 Å². The standard InChI is InChI=1S/C29H35Br2ClN4O3/c30-22-14-21-2-1-20-15-23(32)16-24(31)26(20)27(28(21)34-17-22)19-5-10-35(11-6-19)25(38)13-18-3-8-36(9-4-18)29(39)33-7-12-37/h14-19,27,37H,1-13H2,(H,33,39)/t27-/m1/s1. The number of benzene rings is 1. The topological polar surface area (TPSA) is 85.8 Å². The molecule has 1 aliphatic carbocycles. The molecule has 2 fully saturated rings. The molecule has 0 radical (unpaired) electrons. The summed E-state index contributed by atoms with van der Waals surface area (Å²) in [6, 6.07) is 6.18. The van der Waals surface area contributed by atoms with Crippen LogP contribution in [0, 0.1) is 11.8 Å². The van der Waals surface area contributed by atoms with Crippen molar-refractivity contribution in [1.82, 2.24) is 20.1 Å². The number of pyridine rings is 1. The fourth-order valence-corrected chi connectivity index (χ4v) is 8.00. The van der Waals surface area contributed by atoms with Crippen molar-refractivity contribution in [3.63, 3.8) is 0 Å². The quantitative estimate of drug-likeness (QED) is 0.435. The second kappa shape index (κ2) is 12.9. The third kappa shape index (κ3) is 6.63. The monoisotopic (exact) mass is 680 g/mol. The highest BCUT2D eigenvalue weighted by atomic mass is 79.9. The van der Waals surface area contributed by atoms with Crippen LogP contribution in [-0.4, -0.2) is 71.2 Å². The van der Waals surface area contributed by atoms with Gasteiger partial charge in [0, 0.05) is 65.2 Å². The summed E-state index contributed by atoms with van der Waals surface area (Å²) in [4.78, 5) is 34.2. The van der Waals surface area contributed by atoms with Gasteiger partial charge in [-0.3, -0.25) is 9.78 Å². The van der Waals surface area contributed by atoms with Crippen LogP contribution in [0.1, 0.15) is 60.4 Å². The molecule has 2 N–H and O–H groups in total. The van der Waals surface area contributed by atoms with Gasteiger partial charge >= 0.3 is 6.03 Å². The lowest BCUT2D eigenvalue weighted by atomic mass is 9.76. The summed E-state index contributed by atoms with van der Waals surface area (Å²) in [7, 11) is 0. The first-order valence-electron chi connectivity index (χ1n) is 13.9. The third-order valence-corrected chi connectivity index (χ3v) is 9.84. The van der Waals surface area contributed by atoms with Gasteiger partial charge in [-0.25, -0.2) is 4.79 Å². The van der Waals surface area contributed by atoms with Crippen LogP contribution >= 0.6 is 43.5 Å². The van der Waals surface area contributed by atoms with Crippen molar-refractivity contribution < 1.29 is 14.7 Å². The van der Waals surface area contributed by atoms with Crippen LogP contribution in [0.2, 0.25) is 5.02 Å². The van der Waals surface area contributed by atoms with Crippen LogP contribution in [0.3, 0.4) is 0 Å². The van der Waals surface area contributed by atoms with Crippen LogP contribution in [0.4, 0.5) is 4.79 Å². The molecule has 210 valence electrons. The number of aliphatic hydroxyl groups is 1. The van der Waals surface area contributed by atoms with E-state index in [1.807, 2.05) is 17.2 Å². The van der Waals surface area contributed by atoms with Gasteiger partial charge in [0.2, 0.25) is 5.91 Å². The first-order valence-corrected chi connectivity index (χ1v) is 15.8. The van der Waals surface area contributed by atoms with Crippen molar-refractivity contribution in [1.29, 1.82) is 0 Å². The van der Waals surface area contributed by atoms with Crippen LogP contribution in [0.25, 0.3) is 0 Å². The number of nitrogens with zero attached hydrogens (tertiary/aromatic N) is 3. The first-order chi connectivity index (χ1) is 18.8. The molecule has 0 spiro atoms. The second-order valence-corrected chi connectivity index (χ2v) is 13.2. The molecule has 0 bridgehead atoms. The summed E-state index contributed by atoms with van der Waals surface area (Å²) in [5.74, 6) is 1.08. The largest absolute Gasteiger partial charge is 0.395 e. The molecule has 1 aromatic heterocycles. The lowest BCUT2D eigenvalue weighted by molar-refractivity contribution is -0.134. The predicted molar refractivity (Wildman–Crippen MR) is 159 cm³/mol. The number of carbonyl (C=O) groups is 2. The minimum absolute atomic E-state index is 0.0624. The molecule has 2 saturated heterocycles. The van der Waals surface area contributed by atoms with Crippen molar-refractivity contribution in [2.45, 2.75) is 50.9 Å². The predicted octanol–water partition coefficient (Wildman–Crippen LogP) is 5.53. The number of nitrogens with one attached hydrogen (secondary N) is 1. The van der Waals surface area contributed by atoms with Gasteiger partial charge in [0.25, 0.3) is 0 Å². The fraction of sp³-hybridized carbons (Fsp3) is 0.552. The molecule has 2 aromatic rings. The Balaban J connectivity index is 1.23. The highest BCUT2D eigenvalue weighted by Crippen LogP contribution is 2.46. The number of halogens is 3. The Morgan fingerprint density at radius 2 is 1.69 bits per heavy atom. The number of aryl methyl sites for hydroxylation is 2. The maximum Gasteiger partial charge on any atom is 0.317 e. The number of aliphatic hydroxyl groups excluding tert-OH is 1. The van der Waals surface area contributed by atoms with E-state index in [1.165, 1.54) is 16.7 Å². The molecule has 3 heterocycles. The van der Waals surface area contributed by atoms with Crippen LogP contribution in [0.5, 0.6) is 0 Å². The zero-order valence-corrected chi connectivity index (χ0v) is 25.9. The Morgan fingerprint density at radius 1 is 1.00 bits per heavy atom. The lowest BCUT2D eigenvalue weighted by Crippen LogP contribution is -2.46. The molecule has 3 aliphatic rings. The van der Waals surface area contributed by atoms with E-state index in [1.54, 1.807) is 4.90 Å². The molecule has 1 atom stereocenters. The number of aromatic nitrogens is 1. The number of likely N-dealkylation sites (tertiary alicyclic amines) is 2. The number of urea groups is 1. The molecule has 3 amide bonds. The van der Waals surface area contributed by atoms with Crippen molar-refractivity contribution in [2.75, 3.05) is 39.3 Å². The number of carbonyl (C=O) groups excluding carboxylic acids is 2. The summed E-state index contributed by atoms with van der Waals surface area (Å²) in [6.45, 7) is 3.03. The summed E-state index contributed by atoms with van der Waals surface area (Å²) in [5, 5.41) is 12.4. The average molecular weight is 683 g/mol. The summed E-state index contributed by atoms with van der Waals surface area (Å²) < 4.78 is 2.04.